The molecule has 5 rings (SSSR count). The maximum absolute atomic E-state index is 13.3. The fraction of sp³-hybridized carbons (Fsp3) is 0.269. The van der Waals surface area contributed by atoms with Gasteiger partial charge in [0, 0.05) is 23.6 Å². The molecule has 2 heterocycles. The number of benzene rings is 3. The first kappa shape index (κ1) is 23.8. The normalized spacial score (nSPS) is 24.7. The number of thiazole rings is 1. The van der Waals surface area contributed by atoms with Gasteiger partial charge in [0.25, 0.3) is 0 Å². The van der Waals surface area contributed by atoms with Gasteiger partial charge in [-0.15, -0.1) is 11.3 Å². The van der Waals surface area contributed by atoms with Crippen LogP contribution in [0.15, 0.2) is 60.8 Å². The molecule has 1 saturated heterocycles. The van der Waals surface area contributed by atoms with E-state index in [4.69, 9.17) is 4.74 Å². The summed E-state index contributed by atoms with van der Waals surface area (Å²) in [6.45, 7) is -0.532. The molecule has 1 aliphatic rings. The largest absolute Gasteiger partial charge is 0.507 e. The van der Waals surface area contributed by atoms with E-state index < -0.39 is 37.1 Å². The van der Waals surface area contributed by atoms with Gasteiger partial charge in [-0.3, -0.25) is 0 Å². The van der Waals surface area contributed by atoms with E-state index in [0.29, 0.717) is 21.9 Å². The molecule has 3 aromatic carbocycles. The van der Waals surface area contributed by atoms with E-state index in [2.05, 4.69) is 4.98 Å². The average Bonchev–Trinajstić information content (AvgIpc) is 3.34. The van der Waals surface area contributed by atoms with Gasteiger partial charge in [0.15, 0.2) is 0 Å². The molecule has 182 valence electrons. The number of phenolic OH excluding ortho intramolecular Hbond substituents is 1. The van der Waals surface area contributed by atoms with E-state index in [9.17, 15) is 29.9 Å². The monoisotopic (exact) mass is 497 g/mol. The highest BCUT2D eigenvalue weighted by molar-refractivity contribution is 7.15. The lowest BCUT2D eigenvalue weighted by molar-refractivity contribution is -0.231. The number of rotatable bonds is 5. The lowest BCUT2D eigenvalue weighted by Gasteiger charge is -2.40. The van der Waals surface area contributed by atoms with Crippen molar-refractivity contribution < 1.29 is 34.7 Å². The van der Waals surface area contributed by atoms with Gasteiger partial charge < -0.3 is 30.3 Å². The van der Waals surface area contributed by atoms with Crippen molar-refractivity contribution in [2.24, 2.45) is 0 Å². The summed E-state index contributed by atoms with van der Waals surface area (Å²) in [6.07, 6.45) is -4.53. The van der Waals surface area contributed by atoms with Crippen LogP contribution in [0.3, 0.4) is 0 Å². The van der Waals surface area contributed by atoms with Gasteiger partial charge in [-0.25, -0.2) is 9.37 Å². The molecular formula is C26H24FNO6S. The second kappa shape index (κ2) is 9.62. The molecule has 1 aromatic heterocycles. The lowest BCUT2D eigenvalue weighted by Crippen LogP contribution is -2.55. The Morgan fingerprint density at radius 2 is 1.66 bits per heavy atom. The first-order chi connectivity index (χ1) is 16.9. The predicted molar refractivity (Wildman–Crippen MR) is 129 cm³/mol. The zero-order chi connectivity index (χ0) is 24.7. The van der Waals surface area contributed by atoms with Crippen LogP contribution >= 0.6 is 11.3 Å². The number of aromatic nitrogens is 1. The van der Waals surface area contributed by atoms with Crippen LogP contribution in [0, 0.1) is 5.82 Å². The summed E-state index contributed by atoms with van der Waals surface area (Å²) in [7, 11) is 0. The second-order valence-electron chi connectivity index (χ2n) is 8.57. The number of halogens is 1. The molecule has 9 heteroatoms. The number of aliphatic hydroxyl groups excluding tert-OH is 4. The van der Waals surface area contributed by atoms with Crippen LogP contribution < -0.4 is 0 Å². The van der Waals surface area contributed by atoms with E-state index in [1.165, 1.54) is 23.5 Å². The van der Waals surface area contributed by atoms with Crippen LogP contribution in [-0.2, 0) is 11.2 Å². The van der Waals surface area contributed by atoms with Crippen molar-refractivity contribution in [2.45, 2.75) is 36.9 Å². The summed E-state index contributed by atoms with van der Waals surface area (Å²) in [4.78, 5) is 5.32. The minimum atomic E-state index is -1.51. The van der Waals surface area contributed by atoms with Crippen molar-refractivity contribution in [1.29, 1.82) is 0 Å². The van der Waals surface area contributed by atoms with Gasteiger partial charge in [-0.05, 0) is 34.7 Å². The smallest absolute Gasteiger partial charge is 0.127 e. The van der Waals surface area contributed by atoms with E-state index in [-0.39, 0.29) is 18.0 Å². The molecule has 0 radical (unpaired) electrons. The molecule has 5 unspecified atom stereocenters. The molecular weight excluding hydrogens is 473 g/mol. The molecule has 1 aliphatic heterocycles. The summed E-state index contributed by atoms with van der Waals surface area (Å²) in [6, 6.07) is 14.9. The molecule has 0 spiro atoms. The Morgan fingerprint density at radius 1 is 0.943 bits per heavy atom. The summed E-state index contributed by atoms with van der Waals surface area (Å²) in [5.41, 5.74) is 1.89. The van der Waals surface area contributed by atoms with Gasteiger partial charge in [-0.2, -0.15) is 0 Å². The molecule has 0 bridgehead atoms. The van der Waals surface area contributed by atoms with E-state index in [1.54, 1.807) is 48.7 Å². The Hall–Kier alpha value is -2.92. The van der Waals surface area contributed by atoms with E-state index >= 15 is 0 Å². The van der Waals surface area contributed by atoms with Crippen LogP contribution in [0.5, 0.6) is 5.75 Å². The van der Waals surface area contributed by atoms with Crippen LogP contribution in [0.1, 0.15) is 22.2 Å². The molecule has 7 nitrogen and oxygen atoms in total. The molecule has 0 saturated carbocycles. The molecule has 0 amide bonds. The highest BCUT2D eigenvalue weighted by atomic mass is 32.1. The SMILES string of the molecule is OCC1OC(c2cc(Cc3ncc(-c4ccc(F)cc4)s3)c(O)c3ccccc23)C(O)C(O)C1O. The number of ether oxygens (including phenoxy) is 1. The number of aliphatic hydroxyl groups is 4. The maximum Gasteiger partial charge on any atom is 0.127 e. The highest BCUT2D eigenvalue weighted by Crippen LogP contribution is 2.41. The topological polar surface area (TPSA) is 123 Å². The zero-order valence-electron chi connectivity index (χ0n) is 18.5. The molecule has 4 aromatic rings. The molecule has 1 fully saturated rings. The van der Waals surface area contributed by atoms with Crippen molar-refractivity contribution in [3.05, 3.63) is 82.7 Å². The minimum Gasteiger partial charge on any atom is -0.507 e. The summed E-state index contributed by atoms with van der Waals surface area (Å²) in [5, 5.41) is 53.7. The van der Waals surface area contributed by atoms with Crippen molar-refractivity contribution in [3.8, 4) is 16.2 Å². The third-order valence-corrected chi connectivity index (χ3v) is 7.40. The van der Waals surface area contributed by atoms with Crippen molar-refractivity contribution in [2.75, 3.05) is 6.61 Å². The summed E-state index contributed by atoms with van der Waals surface area (Å²) >= 11 is 1.42. The minimum absolute atomic E-state index is 0.0625. The van der Waals surface area contributed by atoms with Crippen LogP contribution in [0.25, 0.3) is 21.2 Å². The van der Waals surface area contributed by atoms with Crippen LogP contribution in [0.2, 0.25) is 0 Å². The van der Waals surface area contributed by atoms with Gasteiger partial charge in [0.2, 0.25) is 0 Å². The molecule has 5 N–H and O–H groups in total. The van der Waals surface area contributed by atoms with Crippen molar-refractivity contribution in [1.82, 2.24) is 4.98 Å². The third-order valence-electron chi connectivity index (χ3n) is 6.35. The van der Waals surface area contributed by atoms with Crippen molar-refractivity contribution >= 4 is 22.1 Å². The maximum atomic E-state index is 13.3. The van der Waals surface area contributed by atoms with Gasteiger partial charge in [0.1, 0.15) is 42.1 Å². The summed E-state index contributed by atoms with van der Waals surface area (Å²) < 4.78 is 19.1. The third kappa shape index (κ3) is 4.42. The Bertz CT molecular complexity index is 1340. The first-order valence-electron chi connectivity index (χ1n) is 11.1. The number of aromatic hydroxyl groups is 1. The Labute approximate surface area is 204 Å². The molecule has 35 heavy (non-hydrogen) atoms. The fourth-order valence-corrected chi connectivity index (χ4v) is 5.43. The zero-order valence-corrected chi connectivity index (χ0v) is 19.3. The van der Waals surface area contributed by atoms with Gasteiger partial charge >= 0.3 is 0 Å². The summed E-state index contributed by atoms with van der Waals surface area (Å²) in [5.74, 6) is -0.257. The number of fused-ring (bicyclic) bond motifs is 1. The van der Waals surface area contributed by atoms with Crippen LogP contribution in [0.4, 0.5) is 4.39 Å². The first-order valence-corrected chi connectivity index (χ1v) is 11.9. The fourth-order valence-electron chi connectivity index (χ4n) is 4.48. The van der Waals surface area contributed by atoms with E-state index in [1.807, 2.05) is 0 Å². The lowest BCUT2D eigenvalue weighted by atomic mass is 9.87. The molecule has 5 atom stereocenters. The second-order valence-corrected chi connectivity index (χ2v) is 9.69. The number of hydrogen-bond acceptors (Lipinski definition) is 8. The van der Waals surface area contributed by atoms with Gasteiger partial charge in [0.05, 0.1) is 16.5 Å². The Kier molecular flexibility index (Phi) is 6.54. The highest BCUT2D eigenvalue weighted by Gasteiger charge is 2.44. The number of phenols is 1. The van der Waals surface area contributed by atoms with Crippen molar-refractivity contribution in [3.63, 3.8) is 0 Å². The van der Waals surface area contributed by atoms with Crippen LogP contribution in [-0.4, -0.2) is 61.5 Å². The van der Waals surface area contributed by atoms with E-state index in [0.717, 1.165) is 15.4 Å². The number of nitrogens with zero attached hydrogens (tertiary/aromatic N) is 1. The Morgan fingerprint density at radius 3 is 2.37 bits per heavy atom. The predicted octanol–water partition coefficient (Wildman–Crippen LogP) is 2.91. The van der Waals surface area contributed by atoms with Gasteiger partial charge in [-0.1, -0.05) is 36.4 Å². The number of hydrogen-bond donors (Lipinski definition) is 5. The Balaban J connectivity index is 1.54. The average molecular weight is 498 g/mol. The quantitative estimate of drug-likeness (QED) is 0.287. The standard InChI is InChI=1S/C26H24FNO6S/c27-15-7-5-13(6-8-15)20-11-28-21(35-20)10-14-9-18(16-3-1-2-4-17(16)22(14)30)26-25(33)24(32)23(31)19(12-29)34-26/h1-9,11,19,23-26,29-33H,10,12H2. The molecule has 0 aliphatic carbocycles.